The Hall–Kier alpha value is -0.650. The minimum atomic E-state index is 0.305. The van der Waals surface area contributed by atoms with Gasteiger partial charge in [0.05, 0.1) is 12.2 Å². The molecule has 1 N–H and O–H groups in total. The maximum absolute atomic E-state index is 12.8. The van der Waals surface area contributed by atoms with Crippen molar-refractivity contribution in [2.75, 3.05) is 39.3 Å². The quantitative estimate of drug-likeness (QED) is 0.851. The van der Waals surface area contributed by atoms with E-state index >= 15 is 0 Å². The first-order valence-electron chi connectivity index (χ1n) is 9.50. The molecule has 0 aliphatic carbocycles. The summed E-state index contributed by atoms with van der Waals surface area (Å²) in [7, 11) is 0. The Morgan fingerprint density at radius 3 is 2.52 bits per heavy atom. The lowest BCUT2D eigenvalue weighted by Crippen LogP contribution is -2.51. The van der Waals surface area contributed by atoms with Gasteiger partial charge >= 0.3 is 0 Å². The molecule has 3 saturated heterocycles. The molecule has 5 heteroatoms. The molecule has 0 bridgehead atoms. The molecule has 0 saturated carbocycles. The van der Waals surface area contributed by atoms with Crippen molar-refractivity contribution in [1.29, 1.82) is 0 Å². The highest BCUT2D eigenvalue weighted by Gasteiger charge is 2.33. The molecule has 0 aromatic carbocycles. The van der Waals surface area contributed by atoms with E-state index < -0.39 is 0 Å². The van der Waals surface area contributed by atoms with Crippen molar-refractivity contribution >= 4 is 5.91 Å². The average molecular weight is 323 g/mol. The Morgan fingerprint density at radius 1 is 1.13 bits per heavy atom. The number of hydrogen-bond donors (Lipinski definition) is 1. The molecule has 0 radical (unpaired) electrons. The van der Waals surface area contributed by atoms with E-state index in [1.807, 2.05) is 0 Å². The van der Waals surface area contributed by atoms with Crippen LogP contribution in [0, 0.1) is 5.92 Å². The predicted molar refractivity (Wildman–Crippen MR) is 91.4 cm³/mol. The molecule has 3 heterocycles. The first-order valence-corrected chi connectivity index (χ1v) is 9.50. The second kappa shape index (κ2) is 7.95. The van der Waals surface area contributed by atoms with E-state index in [-0.39, 0.29) is 0 Å². The summed E-state index contributed by atoms with van der Waals surface area (Å²) >= 11 is 0. The molecule has 1 amide bonds. The normalized spacial score (nSPS) is 34.0. The molecule has 3 rings (SSSR count). The maximum atomic E-state index is 12.8. The number of amides is 1. The van der Waals surface area contributed by atoms with Crippen LogP contribution in [0.5, 0.6) is 0 Å². The number of hydrogen-bond acceptors (Lipinski definition) is 4. The van der Waals surface area contributed by atoms with Gasteiger partial charge in [0.2, 0.25) is 5.91 Å². The molecule has 0 aromatic heterocycles. The molecular formula is C18H33N3O2. The molecule has 132 valence electrons. The van der Waals surface area contributed by atoms with Gasteiger partial charge in [-0.15, -0.1) is 0 Å². The summed E-state index contributed by atoms with van der Waals surface area (Å²) in [6.07, 6.45) is 6.01. The van der Waals surface area contributed by atoms with Gasteiger partial charge in [-0.3, -0.25) is 9.69 Å². The molecule has 0 aromatic rings. The zero-order chi connectivity index (χ0) is 16.2. The lowest BCUT2D eigenvalue weighted by atomic mass is 9.94. The van der Waals surface area contributed by atoms with E-state index in [1.54, 1.807) is 0 Å². The number of nitrogens with zero attached hydrogens (tertiary/aromatic N) is 2. The third-order valence-electron chi connectivity index (χ3n) is 5.58. The fraction of sp³-hybridized carbons (Fsp3) is 0.944. The Bertz CT molecular complexity index is 388. The van der Waals surface area contributed by atoms with Crippen molar-refractivity contribution in [3.63, 3.8) is 0 Å². The van der Waals surface area contributed by atoms with Crippen molar-refractivity contribution in [1.82, 2.24) is 15.1 Å². The molecule has 0 unspecified atom stereocenters. The van der Waals surface area contributed by atoms with Gasteiger partial charge in [0.15, 0.2) is 0 Å². The largest absolute Gasteiger partial charge is 0.373 e. The van der Waals surface area contributed by atoms with Gasteiger partial charge in [0.25, 0.3) is 0 Å². The summed E-state index contributed by atoms with van der Waals surface area (Å²) in [6.45, 7) is 10.4. The van der Waals surface area contributed by atoms with E-state index in [0.29, 0.717) is 30.1 Å². The maximum Gasteiger partial charge on any atom is 0.223 e. The van der Waals surface area contributed by atoms with Crippen molar-refractivity contribution in [2.24, 2.45) is 5.92 Å². The number of likely N-dealkylation sites (tertiary alicyclic amines) is 1. The molecule has 0 spiro atoms. The Morgan fingerprint density at radius 2 is 1.83 bits per heavy atom. The van der Waals surface area contributed by atoms with Crippen LogP contribution in [0.3, 0.4) is 0 Å². The monoisotopic (exact) mass is 323 g/mol. The van der Waals surface area contributed by atoms with Crippen molar-refractivity contribution in [2.45, 2.75) is 64.2 Å². The molecule has 23 heavy (non-hydrogen) atoms. The molecule has 3 atom stereocenters. The van der Waals surface area contributed by atoms with E-state index in [9.17, 15) is 4.79 Å². The highest BCUT2D eigenvalue weighted by Crippen LogP contribution is 2.24. The second-order valence-electron chi connectivity index (χ2n) is 7.76. The van der Waals surface area contributed by atoms with Crippen LogP contribution in [0.1, 0.15) is 46.0 Å². The Kier molecular flexibility index (Phi) is 5.94. The fourth-order valence-electron chi connectivity index (χ4n) is 4.54. The minimum Gasteiger partial charge on any atom is -0.373 e. The van der Waals surface area contributed by atoms with Crippen LogP contribution >= 0.6 is 0 Å². The summed E-state index contributed by atoms with van der Waals surface area (Å²) in [6, 6.07) is 0.418. The first-order chi connectivity index (χ1) is 11.1. The number of carbonyl (C=O) groups excluding carboxylic acids is 1. The number of piperidine rings is 1. The fourth-order valence-corrected chi connectivity index (χ4v) is 4.54. The van der Waals surface area contributed by atoms with Gasteiger partial charge in [-0.05, 0) is 58.5 Å². The van der Waals surface area contributed by atoms with Gasteiger partial charge < -0.3 is 15.0 Å². The van der Waals surface area contributed by atoms with Crippen LogP contribution < -0.4 is 5.32 Å². The summed E-state index contributed by atoms with van der Waals surface area (Å²) in [5.74, 6) is 0.988. The predicted octanol–water partition coefficient (Wildman–Crippen LogP) is 1.48. The molecular weight excluding hydrogens is 290 g/mol. The van der Waals surface area contributed by atoms with Crippen molar-refractivity contribution in [3.05, 3.63) is 0 Å². The third kappa shape index (κ3) is 4.68. The number of carbonyl (C=O) groups is 1. The number of morpholine rings is 1. The highest BCUT2D eigenvalue weighted by molar-refractivity contribution is 5.77. The molecule has 3 aliphatic heterocycles. The number of rotatable bonds is 4. The van der Waals surface area contributed by atoms with Crippen LogP contribution in [0.25, 0.3) is 0 Å². The number of nitrogens with one attached hydrogen (secondary N) is 1. The van der Waals surface area contributed by atoms with E-state index in [0.717, 1.165) is 71.4 Å². The summed E-state index contributed by atoms with van der Waals surface area (Å²) in [4.78, 5) is 17.4. The molecule has 3 fully saturated rings. The van der Waals surface area contributed by atoms with Crippen LogP contribution in [0.2, 0.25) is 0 Å². The van der Waals surface area contributed by atoms with E-state index in [2.05, 4.69) is 29.0 Å². The zero-order valence-corrected chi connectivity index (χ0v) is 14.8. The third-order valence-corrected chi connectivity index (χ3v) is 5.58. The van der Waals surface area contributed by atoms with Gasteiger partial charge in [-0.1, -0.05) is 0 Å². The Balaban J connectivity index is 1.51. The van der Waals surface area contributed by atoms with Gasteiger partial charge in [-0.25, -0.2) is 0 Å². The van der Waals surface area contributed by atoms with Gasteiger partial charge in [-0.2, -0.15) is 0 Å². The SMILES string of the molecule is C[C@@H]1CN(C[C@H]2CCCN2C(=O)CC2CCNCC2)C[C@@H](C)O1. The van der Waals surface area contributed by atoms with Crippen LogP contribution in [0.15, 0.2) is 0 Å². The van der Waals surface area contributed by atoms with E-state index in [4.69, 9.17) is 4.74 Å². The number of ether oxygens (including phenoxy) is 1. The average Bonchev–Trinajstić information content (AvgIpc) is 2.95. The van der Waals surface area contributed by atoms with Crippen molar-refractivity contribution < 1.29 is 9.53 Å². The highest BCUT2D eigenvalue weighted by atomic mass is 16.5. The van der Waals surface area contributed by atoms with Crippen LogP contribution in [-0.4, -0.2) is 73.2 Å². The standard InChI is InChI=1S/C18H33N3O2/c1-14-11-20(12-15(2)23-14)13-17-4-3-9-21(17)18(22)10-16-5-7-19-8-6-16/h14-17,19H,3-13H2,1-2H3/t14-,15-,17-/m1/s1. The summed E-state index contributed by atoms with van der Waals surface area (Å²) in [5.41, 5.74) is 0. The lowest BCUT2D eigenvalue weighted by Gasteiger charge is -2.38. The lowest BCUT2D eigenvalue weighted by molar-refractivity contribution is -0.134. The van der Waals surface area contributed by atoms with Gasteiger partial charge in [0.1, 0.15) is 0 Å². The van der Waals surface area contributed by atoms with Crippen molar-refractivity contribution in [3.8, 4) is 0 Å². The molecule has 3 aliphatic rings. The zero-order valence-electron chi connectivity index (χ0n) is 14.8. The second-order valence-corrected chi connectivity index (χ2v) is 7.76. The minimum absolute atomic E-state index is 0.305. The smallest absolute Gasteiger partial charge is 0.223 e. The van der Waals surface area contributed by atoms with Crippen LogP contribution in [0.4, 0.5) is 0 Å². The van der Waals surface area contributed by atoms with E-state index in [1.165, 1.54) is 0 Å². The first kappa shape index (κ1) is 17.2. The molecule has 5 nitrogen and oxygen atoms in total. The Labute approximate surface area is 140 Å². The van der Waals surface area contributed by atoms with Gasteiger partial charge in [0, 0.05) is 38.6 Å². The van der Waals surface area contributed by atoms with Crippen LogP contribution in [-0.2, 0) is 9.53 Å². The summed E-state index contributed by atoms with van der Waals surface area (Å²) < 4.78 is 5.83. The topological polar surface area (TPSA) is 44.8 Å². The summed E-state index contributed by atoms with van der Waals surface area (Å²) in [5, 5.41) is 3.39.